The van der Waals surface area contributed by atoms with Crippen molar-refractivity contribution < 1.29 is 14.3 Å². The molecule has 0 saturated carbocycles. The second-order valence-electron chi connectivity index (χ2n) is 9.18. The number of hydrogen-bond acceptors (Lipinski definition) is 4. The van der Waals surface area contributed by atoms with E-state index in [0.717, 1.165) is 5.56 Å². The zero-order valence-electron chi connectivity index (χ0n) is 18.4. The molecule has 1 aromatic carbocycles. The van der Waals surface area contributed by atoms with Crippen LogP contribution in [0.25, 0.3) is 0 Å². The average Bonchev–Trinajstić information content (AvgIpc) is 2.99. The molecule has 7 nitrogen and oxygen atoms in total. The number of nitrogens with one attached hydrogen (secondary N) is 2. The third-order valence-electron chi connectivity index (χ3n) is 4.25. The highest BCUT2D eigenvalue weighted by atomic mass is 16.6. The maximum Gasteiger partial charge on any atom is 0.408 e. The van der Waals surface area contributed by atoms with E-state index in [0.29, 0.717) is 12.4 Å². The number of carbonyl (C=O) groups excluding carboxylic acids is 2. The Morgan fingerprint density at radius 2 is 1.69 bits per heavy atom. The maximum absolute atomic E-state index is 12.4. The lowest BCUT2D eigenvalue weighted by Gasteiger charge is -2.21. The second-order valence-corrected chi connectivity index (χ2v) is 9.18. The van der Waals surface area contributed by atoms with Crippen molar-refractivity contribution >= 4 is 17.8 Å². The maximum atomic E-state index is 12.4. The number of carbonyl (C=O) groups is 2. The molecule has 158 valence electrons. The van der Waals surface area contributed by atoms with Gasteiger partial charge in [0, 0.05) is 6.07 Å². The van der Waals surface area contributed by atoms with Gasteiger partial charge in [-0.05, 0) is 44.2 Å². The number of ether oxygens (including phenoxy) is 1. The molecule has 1 heterocycles. The van der Waals surface area contributed by atoms with Gasteiger partial charge in [0.1, 0.15) is 17.5 Å². The monoisotopic (exact) mass is 400 g/mol. The molecule has 0 saturated heterocycles. The van der Waals surface area contributed by atoms with E-state index in [4.69, 9.17) is 4.74 Å². The Labute approximate surface area is 172 Å². The van der Waals surface area contributed by atoms with Crippen LogP contribution >= 0.6 is 0 Å². The van der Waals surface area contributed by atoms with Crippen LogP contribution in [0.3, 0.4) is 0 Å². The summed E-state index contributed by atoms with van der Waals surface area (Å²) < 4.78 is 6.89. The predicted octanol–water partition coefficient (Wildman–Crippen LogP) is 4.08. The molecule has 1 atom stereocenters. The van der Waals surface area contributed by atoms with Crippen LogP contribution in [0.1, 0.15) is 59.6 Å². The summed E-state index contributed by atoms with van der Waals surface area (Å²) in [5, 5.41) is 9.64. The van der Waals surface area contributed by atoms with Gasteiger partial charge < -0.3 is 15.4 Å². The molecule has 7 heteroatoms. The van der Waals surface area contributed by atoms with E-state index in [-0.39, 0.29) is 11.3 Å². The van der Waals surface area contributed by atoms with Crippen LogP contribution in [0, 0.1) is 0 Å². The molecular formula is C22H32N4O3. The standard InChI is InChI=1S/C22H32N4O3/c1-15(24-20(28)29-22(5,6)7)19(27)25-18-12-13-23-26(18)14-16-8-10-17(11-9-16)21(2,3)4/h8-13,15H,14H2,1-7H3,(H,24,28)(H,25,27)/t15-/m1/s1. The van der Waals surface area contributed by atoms with E-state index >= 15 is 0 Å². The average molecular weight is 401 g/mol. The Kier molecular flexibility index (Phi) is 6.72. The van der Waals surface area contributed by atoms with Crippen molar-refractivity contribution in [1.82, 2.24) is 15.1 Å². The number of hydrogen-bond donors (Lipinski definition) is 2. The van der Waals surface area contributed by atoms with Crippen molar-refractivity contribution in [2.24, 2.45) is 0 Å². The Morgan fingerprint density at radius 3 is 2.24 bits per heavy atom. The molecule has 1 aromatic heterocycles. The number of benzene rings is 1. The van der Waals surface area contributed by atoms with E-state index < -0.39 is 17.7 Å². The largest absolute Gasteiger partial charge is 0.444 e. The van der Waals surface area contributed by atoms with E-state index in [1.807, 2.05) is 0 Å². The molecule has 2 N–H and O–H groups in total. The van der Waals surface area contributed by atoms with Crippen LogP contribution in [0.15, 0.2) is 36.5 Å². The summed E-state index contributed by atoms with van der Waals surface area (Å²) in [5.41, 5.74) is 1.82. The molecule has 0 aliphatic rings. The van der Waals surface area contributed by atoms with Crippen LogP contribution in [-0.4, -0.2) is 33.4 Å². The highest BCUT2D eigenvalue weighted by Crippen LogP contribution is 2.22. The minimum atomic E-state index is -0.751. The molecule has 2 amide bonds. The molecular weight excluding hydrogens is 368 g/mol. The Balaban J connectivity index is 1.99. The molecule has 0 bridgehead atoms. The fourth-order valence-corrected chi connectivity index (χ4v) is 2.63. The van der Waals surface area contributed by atoms with Gasteiger partial charge in [0.25, 0.3) is 0 Å². The van der Waals surface area contributed by atoms with Crippen molar-refractivity contribution in [3.05, 3.63) is 47.7 Å². The Morgan fingerprint density at radius 1 is 1.07 bits per heavy atom. The summed E-state index contributed by atoms with van der Waals surface area (Å²) in [6, 6.07) is 9.34. The normalized spacial score (nSPS) is 12.9. The molecule has 0 fully saturated rings. The van der Waals surface area contributed by atoms with Crippen LogP contribution in [0.2, 0.25) is 0 Å². The minimum Gasteiger partial charge on any atom is -0.444 e. The zero-order chi connectivity index (χ0) is 21.8. The van der Waals surface area contributed by atoms with E-state index in [1.165, 1.54) is 5.56 Å². The lowest BCUT2D eigenvalue weighted by atomic mass is 9.87. The zero-order valence-corrected chi connectivity index (χ0v) is 18.4. The molecule has 0 spiro atoms. The van der Waals surface area contributed by atoms with Crippen LogP contribution in [0.5, 0.6) is 0 Å². The van der Waals surface area contributed by atoms with Crippen LogP contribution < -0.4 is 10.6 Å². The lowest BCUT2D eigenvalue weighted by Crippen LogP contribution is -2.44. The van der Waals surface area contributed by atoms with Crippen molar-refractivity contribution in [3.8, 4) is 0 Å². The van der Waals surface area contributed by atoms with E-state index in [9.17, 15) is 9.59 Å². The summed E-state index contributed by atoms with van der Waals surface area (Å²) >= 11 is 0. The summed E-state index contributed by atoms with van der Waals surface area (Å²) in [4.78, 5) is 24.3. The highest BCUT2D eigenvalue weighted by Gasteiger charge is 2.22. The molecule has 2 aromatic rings. The van der Waals surface area contributed by atoms with Gasteiger partial charge in [0.15, 0.2) is 0 Å². The topological polar surface area (TPSA) is 85.2 Å². The summed E-state index contributed by atoms with van der Waals surface area (Å²) in [7, 11) is 0. The van der Waals surface area contributed by atoms with Gasteiger partial charge >= 0.3 is 6.09 Å². The SMILES string of the molecule is C[C@@H](NC(=O)OC(C)(C)C)C(=O)Nc1ccnn1Cc1ccc(C(C)(C)C)cc1. The van der Waals surface area contributed by atoms with Gasteiger partial charge in [0.2, 0.25) is 5.91 Å². The highest BCUT2D eigenvalue weighted by molar-refractivity contribution is 5.95. The number of aromatic nitrogens is 2. The van der Waals surface area contributed by atoms with Gasteiger partial charge in [-0.25, -0.2) is 9.48 Å². The molecule has 0 radical (unpaired) electrons. The van der Waals surface area contributed by atoms with Gasteiger partial charge in [-0.3, -0.25) is 4.79 Å². The number of amides is 2. The Hall–Kier alpha value is -2.83. The van der Waals surface area contributed by atoms with E-state index in [2.05, 4.69) is 60.8 Å². The first-order chi connectivity index (χ1) is 13.3. The third kappa shape index (κ3) is 6.93. The third-order valence-corrected chi connectivity index (χ3v) is 4.25. The quantitative estimate of drug-likeness (QED) is 0.792. The second kappa shape index (κ2) is 8.68. The summed E-state index contributed by atoms with van der Waals surface area (Å²) in [6.45, 7) is 14.0. The molecule has 29 heavy (non-hydrogen) atoms. The fourth-order valence-electron chi connectivity index (χ4n) is 2.63. The molecule has 0 unspecified atom stereocenters. The van der Waals surface area contributed by atoms with Crippen molar-refractivity contribution in [3.63, 3.8) is 0 Å². The minimum absolute atomic E-state index is 0.0979. The predicted molar refractivity (Wildman–Crippen MR) is 114 cm³/mol. The van der Waals surface area contributed by atoms with E-state index in [1.54, 1.807) is 44.6 Å². The molecule has 2 rings (SSSR count). The van der Waals surface area contributed by atoms with Crippen molar-refractivity contribution in [2.75, 3.05) is 5.32 Å². The van der Waals surface area contributed by atoms with Gasteiger partial charge in [-0.15, -0.1) is 0 Å². The fraction of sp³-hybridized carbons (Fsp3) is 0.500. The smallest absolute Gasteiger partial charge is 0.408 e. The number of alkyl carbamates (subject to hydrolysis) is 1. The first-order valence-corrected chi connectivity index (χ1v) is 9.77. The molecule has 0 aliphatic heterocycles. The van der Waals surface area contributed by atoms with Gasteiger partial charge in [-0.1, -0.05) is 45.0 Å². The Bertz CT molecular complexity index is 842. The van der Waals surface area contributed by atoms with Gasteiger partial charge in [-0.2, -0.15) is 5.10 Å². The lowest BCUT2D eigenvalue weighted by molar-refractivity contribution is -0.117. The van der Waals surface area contributed by atoms with Crippen molar-refractivity contribution in [1.29, 1.82) is 0 Å². The van der Waals surface area contributed by atoms with Crippen LogP contribution in [-0.2, 0) is 21.5 Å². The van der Waals surface area contributed by atoms with Crippen molar-refractivity contribution in [2.45, 2.75) is 72.1 Å². The first kappa shape index (κ1) is 22.5. The number of rotatable bonds is 5. The first-order valence-electron chi connectivity index (χ1n) is 9.77. The summed E-state index contributed by atoms with van der Waals surface area (Å²) in [5.74, 6) is 0.216. The summed E-state index contributed by atoms with van der Waals surface area (Å²) in [6.07, 6.45) is 0.998. The molecule has 0 aliphatic carbocycles. The number of nitrogens with zero attached hydrogens (tertiary/aromatic N) is 2. The van der Waals surface area contributed by atoms with Gasteiger partial charge in [0.05, 0.1) is 12.7 Å². The number of anilines is 1. The van der Waals surface area contributed by atoms with Crippen LogP contribution in [0.4, 0.5) is 10.6 Å².